The van der Waals surface area contributed by atoms with Crippen LogP contribution in [0.5, 0.6) is 0 Å². The largest absolute Gasteiger partial charge is 0.463 e. The van der Waals surface area contributed by atoms with Crippen LogP contribution in [0.2, 0.25) is 0 Å². The molecule has 5 rings (SSSR count). The fourth-order valence-electron chi connectivity index (χ4n) is 8.93. The first-order chi connectivity index (χ1) is 23.1. The van der Waals surface area contributed by atoms with Crippen LogP contribution in [0, 0.1) is 28.6 Å². The van der Waals surface area contributed by atoms with Gasteiger partial charge in [-0.25, -0.2) is 4.79 Å². The van der Waals surface area contributed by atoms with Crippen molar-refractivity contribution >= 4 is 52.6 Å². The van der Waals surface area contributed by atoms with Crippen LogP contribution in [0.4, 0.5) is 4.79 Å². The molecule has 11 atom stereocenters. The molecule has 0 aromatic heterocycles. The van der Waals surface area contributed by atoms with Crippen molar-refractivity contribution in [2.45, 2.75) is 123 Å². The molecule has 4 aliphatic carbocycles. The number of hydrogen-bond donors (Lipinski definition) is 1. The molecule has 14 heteroatoms. The molecule has 1 heterocycles. The van der Waals surface area contributed by atoms with Crippen LogP contribution in [0.25, 0.3) is 0 Å². The van der Waals surface area contributed by atoms with Gasteiger partial charge in [-0.3, -0.25) is 24.5 Å². The van der Waals surface area contributed by atoms with Crippen molar-refractivity contribution in [1.29, 1.82) is 0 Å². The molecule has 0 aromatic rings. The van der Waals surface area contributed by atoms with Crippen LogP contribution in [0.1, 0.15) is 86.5 Å². The summed E-state index contributed by atoms with van der Waals surface area (Å²) in [6.45, 7) is 8.83. The van der Waals surface area contributed by atoms with E-state index in [0.29, 0.717) is 23.2 Å². The van der Waals surface area contributed by atoms with Gasteiger partial charge in [0.25, 0.3) is 0 Å². The summed E-state index contributed by atoms with van der Waals surface area (Å²) < 4.78 is 40.1. The summed E-state index contributed by atoms with van der Waals surface area (Å²) >= 11 is 2.56. The molecular formula is C35H48INO12. The van der Waals surface area contributed by atoms with Crippen molar-refractivity contribution in [1.82, 2.24) is 5.32 Å². The number of rotatable bonds is 9. The van der Waals surface area contributed by atoms with Gasteiger partial charge >= 0.3 is 30.0 Å². The quantitative estimate of drug-likeness (QED) is 0.109. The second-order valence-corrected chi connectivity index (χ2v) is 15.5. The second-order valence-electron chi connectivity index (χ2n) is 14.3. The SMILES string of the molecule is CC(=O)OCC1OC(OC(=O)NCOC2CCC3(C)C(=CCC4C3CCC3(C)C(I)=CC[C@@H]43)C2)[C@H](OC(C)=O)C(OC(C)=O)[C@@H]1OC(C)=O. The molecule has 3 fully saturated rings. The average molecular weight is 802 g/mol. The standard InChI is InChI=1S/C35H48INO12/c1-18(38)43-16-27-29(45-19(2)39)30(46-20(3)40)31(47-21(4)41)32(48-27)49-33(42)37-17-44-23-11-13-34(5)22(15-23)7-8-24-25-9-10-28(36)35(25,6)14-12-26(24)34/h7,10,23-27,29-32H,8-9,11-17H2,1-6H3,(H,37,42)/t23?,24?,25-,26?,27?,29+,30?,31+,32?,34?,35?/m0/s1. The van der Waals surface area contributed by atoms with Gasteiger partial charge in [0, 0.05) is 33.1 Å². The highest BCUT2D eigenvalue weighted by molar-refractivity contribution is 14.1. The number of carbonyl (C=O) groups is 5. The first kappa shape index (κ1) is 37.5. The Morgan fingerprint density at radius 2 is 1.47 bits per heavy atom. The lowest BCUT2D eigenvalue weighted by Gasteiger charge is -2.57. The monoisotopic (exact) mass is 801 g/mol. The van der Waals surface area contributed by atoms with Crippen molar-refractivity contribution in [3.05, 3.63) is 21.3 Å². The maximum atomic E-state index is 13.0. The molecule has 13 nitrogen and oxygen atoms in total. The van der Waals surface area contributed by atoms with Gasteiger partial charge in [0.15, 0.2) is 12.2 Å². The van der Waals surface area contributed by atoms with Crippen LogP contribution in [-0.2, 0) is 52.3 Å². The molecule has 2 saturated carbocycles. The number of amides is 1. The van der Waals surface area contributed by atoms with Gasteiger partial charge in [0.2, 0.25) is 12.4 Å². The van der Waals surface area contributed by atoms with Gasteiger partial charge < -0.3 is 33.2 Å². The summed E-state index contributed by atoms with van der Waals surface area (Å²) in [5.41, 5.74) is 1.92. The summed E-state index contributed by atoms with van der Waals surface area (Å²) in [5, 5.41) is 2.57. The number of esters is 4. The molecule has 272 valence electrons. The first-order valence-electron chi connectivity index (χ1n) is 17.0. The Balaban J connectivity index is 1.20. The molecule has 1 saturated heterocycles. The fraction of sp³-hybridized carbons (Fsp3) is 0.743. The van der Waals surface area contributed by atoms with E-state index in [-0.39, 0.29) is 18.2 Å². The molecule has 8 unspecified atom stereocenters. The number of alkyl carbamates (subject to hydrolysis) is 1. The Labute approximate surface area is 300 Å². The van der Waals surface area contributed by atoms with Gasteiger partial charge in [0.1, 0.15) is 19.4 Å². The Kier molecular flexibility index (Phi) is 11.7. The predicted octanol–water partition coefficient (Wildman–Crippen LogP) is 5.03. The van der Waals surface area contributed by atoms with E-state index in [1.807, 2.05) is 0 Å². The zero-order chi connectivity index (χ0) is 35.7. The number of allylic oxidation sites excluding steroid dienone is 3. The number of carbonyl (C=O) groups excluding carboxylic acids is 5. The highest BCUT2D eigenvalue weighted by Gasteiger charge is 2.57. The lowest BCUT2D eigenvalue weighted by molar-refractivity contribution is -0.294. The average Bonchev–Trinajstić information content (AvgIpc) is 3.32. The summed E-state index contributed by atoms with van der Waals surface area (Å²) in [6, 6.07) is 0. The Bertz CT molecular complexity index is 1380. The summed E-state index contributed by atoms with van der Waals surface area (Å²) in [6.07, 6.45) is 4.17. The van der Waals surface area contributed by atoms with Crippen LogP contribution in [-0.4, -0.2) is 80.1 Å². The normalized spacial score (nSPS) is 37.9. The number of halogens is 1. The lowest BCUT2D eigenvalue weighted by Crippen LogP contribution is -2.63. The van der Waals surface area contributed by atoms with Crippen molar-refractivity contribution in [2.24, 2.45) is 28.6 Å². The van der Waals surface area contributed by atoms with E-state index in [1.165, 1.54) is 35.3 Å². The second kappa shape index (κ2) is 15.3. The third-order valence-electron chi connectivity index (χ3n) is 11.3. The van der Waals surface area contributed by atoms with Gasteiger partial charge in [-0.2, -0.15) is 0 Å². The molecule has 1 N–H and O–H groups in total. The third-order valence-corrected chi connectivity index (χ3v) is 12.9. The number of hydrogen-bond acceptors (Lipinski definition) is 12. The molecule has 0 bridgehead atoms. The zero-order valence-electron chi connectivity index (χ0n) is 29.0. The Morgan fingerprint density at radius 1 is 0.816 bits per heavy atom. The Morgan fingerprint density at radius 3 is 2.14 bits per heavy atom. The summed E-state index contributed by atoms with van der Waals surface area (Å²) in [4.78, 5) is 60.6. The van der Waals surface area contributed by atoms with Crippen LogP contribution in [0.15, 0.2) is 21.3 Å². The third kappa shape index (κ3) is 8.11. The minimum absolute atomic E-state index is 0.0789. The molecule has 49 heavy (non-hydrogen) atoms. The highest BCUT2D eigenvalue weighted by atomic mass is 127. The molecule has 0 spiro atoms. The number of ether oxygens (including phenoxy) is 7. The maximum Gasteiger partial charge on any atom is 0.411 e. The van der Waals surface area contributed by atoms with E-state index in [2.05, 4.69) is 53.9 Å². The van der Waals surface area contributed by atoms with Crippen molar-refractivity contribution < 1.29 is 57.1 Å². The summed E-state index contributed by atoms with van der Waals surface area (Å²) in [5.74, 6) is -0.935. The van der Waals surface area contributed by atoms with Gasteiger partial charge in [-0.05, 0) is 94.3 Å². The summed E-state index contributed by atoms with van der Waals surface area (Å²) in [7, 11) is 0. The molecule has 0 radical (unpaired) electrons. The number of fused-ring (bicyclic) bond motifs is 5. The molecule has 0 aromatic carbocycles. The highest BCUT2D eigenvalue weighted by Crippen LogP contribution is 2.65. The molecule has 1 amide bonds. The van der Waals surface area contributed by atoms with Crippen molar-refractivity contribution in [2.75, 3.05) is 13.3 Å². The first-order valence-corrected chi connectivity index (χ1v) is 18.1. The fourth-order valence-corrected chi connectivity index (χ4v) is 9.86. The smallest absolute Gasteiger partial charge is 0.411 e. The predicted molar refractivity (Wildman–Crippen MR) is 181 cm³/mol. The topological polar surface area (TPSA) is 162 Å². The van der Waals surface area contributed by atoms with E-state index in [1.54, 1.807) is 0 Å². The van der Waals surface area contributed by atoms with E-state index in [9.17, 15) is 24.0 Å². The van der Waals surface area contributed by atoms with E-state index in [4.69, 9.17) is 33.2 Å². The number of nitrogens with one attached hydrogen (secondary N) is 1. The van der Waals surface area contributed by atoms with Crippen LogP contribution >= 0.6 is 22.6 Å². The van der Waals surface area contributed by atoms with Crippen molar-refractivity contribution in [3.8, 4) is 0 Å². The van der Waals surface area contributed by atoms with Gasteiger partial charge in [0.05, 0.1) is 6.10 Å². The zero-order valence-corrected chi connectivity index (χ0v) is 31.1. The maximum absolute atomic E-state index is 13.0. The minimum atomic E-state index is -1.62. The lowest BCUT2D eigenvalue weighted by atomic mass is 9.48. The van der Waals surface area contributed by atoms with Gasteiger partial charge in [-0.15, -0.1) is 0 Å². The Hall–Kier alpha value is -2.72. The molecular weight excluding hydrogens is 753 g/mol. The van der Waals surface area contributed by atoms with E-state index < -0.39 is 67.3 Å². The van der Waals surface area contributed by atoms with Gasteiger partial charge in [-0.1, -0.05) is 31.6 Å². The minimum Gasteiger partial charge on any atom is -0.463 e. The van der Waals surface area contributed by atoms with Crippen LogP contribution in [0.3, 0.4) is 0 Å². The van der Waals surface area contributed by atoms with E-state index in [0.717, 1.165) is 46.5 Å². The van der Waals surface area contributed by atoms with E-state index >= 15 is 0 Å². The molecule has 1 aliphatic heterocycles. The van der Waals surface area contributed by atoms with Crippen molar-refractivity contribution in [3.63, 3.8) is 0 Å². The van der Waals surface area contributed by atoms with Crippen LogP contribution < -0.4 is 5.32 Å². The molecule has 5 aliphatic rings.